The largest absolute Gasteiger partial charge is 0.464 e. The fraction of sp³-hybridized carbons (Fsp3) is 0.471. The summed E-state index contributed by atoms with van der Waals surface area (Å²) in [6.07, 6.45) is 3.80. The van der Waals surface area contributed by atoms with Gasteiger partial charge in [-0.1, -0.05) is 23.4 Å². The Morgan fingerprint density at radius 2 is 2.32 bits per heavy atom. The van der Waals surface area contributed by atoms with Crippen LogP contribution in [0.3, 0.4) is 0 Å². The standard InChI is InChI=1S/C17H21N5O2.ClH/c1-24-17(23)15-11-22(20-19-15)14-6-8-21(10-14)9-13-4-2-3-12-5-7-18-16(12)13;/h2-4,11,14,18H,5-10H2,1H3;1H. The number of para-hydroxylation sites is 1. The van der Waals surface area contributed by atoms with Gasteiger partial charge in [-0.25, -0.2) is 9.48 Å². The normalized spacial score (nSPS) is 19.2. The highest BCUT2D eigenvalue weighted by molar-refractivity contribution is 5.86. The molecule has 1 aromatic carbocycles. The molecule has 4 rings (SSSR count). The highest BCUT2D eigenvalue weighted by Crippen LogP contribution is 2.29. The van der Waals surface area contributed by atoms with Crippen LogP contribution in [0.25, 0.3) is 0 Å². The molecule has 0 spiro atoms. The summed E-state index contributed by atoms with van der Waals surface area (Å²) in [4.78, 5) is 13.9. The third-order valence-corrected chi connectivity index (χ3v) is 4.85. The van der Waals surface area contributed by atoms with Crippen molar-refractivity contribution in [1.29, 1.82) is 0 Å². The fourth-order valence-electron chi connectivity index (χ4n) is 3.61. The van der Waals surface area contributed by atoms with Crippen molar-refractivity contribution in [1.82, 2.24) is 19.9 Å². The van der Waals surface area contributed by atoms with E-state index >= 15 is 0 Å². The van der Waals surface area contributed by atoms with E-state index in [-0.39, 0.29) is 24.1 Å². The van der Waals surface area contributed by atoms with E-state index in [1.54, 1.807) is 10.9 Å². The Morgan fingerprint density at radius 1 is 1.44 bits per heavy atom. The zero-order valence-corrected chi connectivity index (χ0v) is 15.0. The average molecular weight is 364 g/mol. The summed E-state index contributed by atoms with van der Waals surface area (Å²) in [7, 11) is 1.35. The van der Waals surface area contributed by atoms with Gasteiger partial charge in [0.25, 0.3) is 0 Å². The fourth-order valence-corrected chi connectivity index (χ4v) is 3.61. The van der Waals surface area contributed by atoms with Crippen LogP contribution in [-0.4, -0.2) is 52.6 Å². The van der Waals surface area contributed by atoms with Gasteiger partial charge >= 0.3 is 5.97 Å². The van der Waals surface area contributed by atoms with Crippen LogP contribution in [0.15, 0.2) is 24.4 Å². The van der Waals surface area contributed by atoms with Crippen molar-refractivity contribution in [2.75, 3.05) is 32.1 Å². The molecule has 2 aliphatic heterocycles. The first-order chi connectivity index (χ1) is 11.7. The summed E-state index contributed by atoms with van der Waals surface area (Å²) in [5.74, 6) is -0.443. The molecule has 25 heavy (non-hydrogen) atoms. The number of esters is 1. The molecular formula is C17H22ClN5O2. The number of fused-ring (bicyclic) bond motifs is 1. The van der Waals surface area contributed by atoms with Gasteiger partial charge in [-0.15, -0.1) is 17.5 Å². The molecule has 0 amide bonds. The van der Waals surface area contributed by atoms with Crippen molar-refractivity contribution in [3.8, 4) is 0 Å². The summed E-state index contributed by atoms with van der Waals surface area (Å²) in [6.45, 7) is 3.89. The second-order valence-corrected chi connectivity index (χ2v) is 6.38. The van der Waals surface area contributed by atoms with Gasteiger partial charge in [-0.3, -0.25) is 4.90 Å². The topological polar surface area (TPSA) is 72.3 Å². The number of methoxy groups -OCH3 is 1. The van der Waals surface area contributed by atoms with Gasteiger partial charge in [-0.05, 0) is 24.0 Å². The molecule has 0 saturated carbocycles. The van der Waals surface area contributed by atoms with Gasteiger partial charge in [0.1, 0.15) is 0 Å². The highest BCUT2D eigenvalue weighted by Gasteiger charge is 2.27. The van der Waals surface area contributed by atoms with E-state index in [9.17, 15) is 4.79 Å². The predicted molar refractivity (Wildman–Crippen MR) is 96.2 cm³/mol. The van der Waals surface area contributed by atoms with Crippen LogP contribution in [0.5, 0.6) is 0 Å². The maximum absolute atomic E-state index is 11.5. The Morgan fingerprint density at radius 3 is 3.16 bits per heavy atom. The number of hydrogen-bond acceptors (Lipinski definition) is 6. The molecule has 1 atom stereocenters. The minimum Gasteiger partial charge on any atom is -0.464 e. The molecule has 1 saturated heterocycles. The number of nitrogens with zero attached hydrogens (tertiary/aromatic N) is 4. The first-order valence-electron chi connectivity index (χ1n) is 8.32. The van der Waals surface area contributed by atoms with Gasteiger partial charge in [-0.2, -0.15) is 0 Å². The quantitative estimate of drug-likeness (QED) is 0.836. The first-order valence-corrected chi connectivity index (χ1v) is 8.32. The Hall–Kier alpha value is -2.12. The molecule has 2 aliphatic rings. The number of anilines is 1. The number of carbonyl (C=O) groups is 1. The molecule has 134 valence electrons. The van der Waals surface area contributed by atoms with Crippen molar-refractivity contribution in [3.05, 3.63) is 41.2 Å². The maximum atomic E-state index is 11.5. The van der Waals surface area contributed by atoms with Crippen molar-refractivity contribution in [2.45, 2.75) is 25.4 Å². The van der Waals surface area contributed by atoms with Crippen LogP contribution < -0.4 is 5.32 Å². The van der Waals surface area contributed by atoms with E-state index < -0.39 is 5.97 Å². The maximum Gasteiger partial charge on any atom is 0.360 e. The molecule has 7 nitrogen and oxygen atoms in total. The molecule has 1 N–H and O–H groups in total. The molecule has 2 aromatic rings. The average Bonchev–Trinajstić information content (AvgIpc) is 3.33. The van der Waals surface area contributed by atoms with Gasteiger partial charge in [0.2, 0.25) is 0 Å². The van der Waals surface area contributed by atoms with Gasteiger partial charge in [0, 0.05) is 31.9 Å². The number of hydrogen-bond donors (Lipinski definition) is 1. The summed E-state index contributed by atoms with van der Waals surface area (Å²) >= 11 is 0. The predicted octanol–water partition coefficient (Wildman–Crippen LogP) is 1.90. The number of carbonyl (C=O) groups excluding carboxylic acids is 1. The van der Waals surface area contributed by atoms with Gasteiger partial charge in [0.15, 0.2) is 5.69 Å². The van der Waals surface area contributed by atoms with E-state index in [1.807, 2.05) is 0 Å². The number of rotatable bonds is 4. The van der Waals surface area contributed by atoms with Crippen molar-refractivity contribution in [2.24, 2.45) is 0 Å². The number of likely N-dealkylation sites (tertiary alicyclic amines) is 1. The van der Waals surface area contributed by atoms with Gasteiger partial charge in [0.05, 0.1) is 19.3 Å². The zero-order chi connectivity index (χ0) is 16.5. The highest BCUT2D eigenvalue weighted by atomic mass is 35.5. The lowest BCUT2D eigenvalue weighted by atomic mass is 10.1. The molecule has 3 heterocycles. The lowest BCUT2D eigenvalue weighted by Crippen LogP contribution is -2.22. The zero-order valence-electron chi connectivity index (χ0n) is 14.1. The second-order valence-electron chi connectivity index (χ2n) is 6.38. The minimum atomic E-state index is -0.443. The van der Waals surface area contributed by atoms with Crippen LogP contribution in [0.1, 0.15) is 34.1 Å². The molecule has 1 fully saturated rings. The Kier molecular flexibility index (Phi) is 5.24. The Labute approximate surface area is 152 Å². The second kappa shape index (κ2) is 7.41. The Bertz CT molecular complexity index is 763. The lowest BCUT2D eigenvalue weighted by molar-refractivity contribution is 0.0594. The molecule has 1 aromatic heterocycles. The van der Waals surface area contributed by atoms with Gasteiger partial charge < -0.3 is 10.1 Å². The molecular weight excluding hydrogens is 342 g/mol. The summed E-state index contributed by atoms with van der Waals surface area (Å²) in [6, 6.07) is 6.81. The van der Waals surface area contributed by atoms with E-state index in [4.69, 9.17) is 0 Å². The van der Waals surface area contributed by atoms with E-state index in [2.05, 4.69) is 43.5 Å². The van der Waals surface area contributed by atoms with Crippen LogP contribution in [0.4, 0.5) is 5.69 Å². The monoisotopic (exact) mass is 363 g/mol. The van der Waals surface area contributed by atoms with E-state index in [1.165, 1.54) is 23.9 Å². The number of benzene rings is 1. The molecule has 8 heteroatoms. The number of halogens is 1. The first kappa shape index (κ1) is 17.7. The van der Waals surface area contributed by atoms with Crippen LogP contribution in [0.2, 0.25) is 0 Å². The van der Waals surface area contributed by atoms with Crippen molar-refractivity contribution < 1.29 is 9.53 Å². The van der Waals surface area contributed by atoms with Crippen molar-refractivity contribution >= 4 is 24.1 Å². The molecule has 1 unspecified atom stereocenters. The Balaban J connectivity index is 0.00000182. The smallest absolute Gasteiger partial charge is 0.360 e. The van der Waals surface area contributed by atoms with Crippen LogP contribution in [-0.2, 0) is 17.7 Å². The summed E-state index contributed by atoms with van der Waals surface area (Å²) in [5, 5.41) is 11.5. The SMILES string of the molecule is COC(=O)c1cn(C2CCN(Cc3cccc4c3NCC4)C2)nn1.Cl. The third-order valence-electron chi connectivity index (χ3n) is 4.85. The van der Waals surface area contributed by atoms with Crippen molar-refractivity contribution in [3.63, 3.8) is 0 Å². The lowest BCUT2D eigenvalue weighted by Gasteiger charge is -2.18. The molecule has 0 bridgehead atoms. The number of nitrogens with one attached hydrogen (secondary N) is 1. The summed E-state index contributed by atoms with van der Waals surface area (Å²) in [5.41, 5.74) is 4.36. The molecule has 0 radical (unpaired) electrons. The number of aromatic nitrogens is 3. The third kappa shape index (κ3) is 3.48. The molecule has 0 aliphatic carbocycles. The van der Waals surface area contributed by atoms with Crippen LogP contribution in [0, 0.1) is 0 Å². The van der Waals surface area contributed by atoms with Crippen LogP contribution >= 0.6 is 12.4 Å². The summed E-state index contributed by atoms with van der Waals surface area (Å²) < 4.78 is 6.47. The van der Waals surface area contributed by atoms with E-state index in [0.717, 1.165) is 39.0 Å². The number of ether oxygens (including phenoxy) is 1. The minimum absolute atomic E-state index is 0. The van der Waals surface area contributed by atoms with E-state index in [0.29, 0.717) is 0 Å².